The molecule has 3 N–H and O–H groups in total. The molecule has 0 heterocycles. The van der Waals surface area contributed by atoms with E-state index in [1.807, 2.05) is 36.4 Å². The standard InChI is InChI=1S/C20H22N2O5.CO2/c1-14(21-20(26)27-13-16-10-6-3-7-11-16)18(23)22-17(19(24)25)12-15-8-4-2-5-9-15;2-1-3/h2-11,14,17H,12-13H2,1H3,(H,21,26)(H,22,23)(H,24,25);/t14-,17-;/m0./s1. The first-order chi connectivity index (χ1) is 14.4. The zero-order valence-corrected chi connectivity index (χ0v) is 16.2. The molecule has 2 atom stereocenters. The Morgan fingerprint density at radius 1 is 0.933 bits per heavy atom. The number of nitrogens with one attached hydrogen (secondary N) is 2. The summed E-state index contributed by atoms with van der Waals surface area (Å²) in [7, 11) is 0. The third kappa shape index (κ3) is 9.29. The van der Waals surface area contributed by atoms with Crippen LogP contribution in [-0.4, -0.2) is 41.3 Å². The van der Waals surface area contributed by atoms with Crippen LogP contribution >= 0.6 is 0 Å². The highest BCUT2D eigenvalue weighted by molar-refractivity contribution is 5.89. The SMILES string of the molecule is C[C@H](NC(=O)OCc1ccccc1)C(=O)N[C@@H](Cc1ccccc1)C(=O)O.O=C=O. The summed E-state index contributed by atoms with van der Waals surface area (Å²) in [5.41, 5.74) is 1.60. The number of carbonyl (C=O) groups is 3. The lowest BCUT2D eigenvalue weighted by molar-refractivity contribution is -0.191. The fourth-order valence-electron chi connectivity index (χ4n) is 2.35. The summed E-state index contributed by atoms with van der Waals surface area (Å²) in [6, 6.07) is 16.1. The fourth-order valence-corrected chi connectivity index (χ4v) is 2.35. The molecule has 30 heavy (non-hydrogen) atoms. The summed E-state index contributed by atoms with van der Waals surface area (Å²) in [5, 5.41) is 14.2. The molecule has 9 nitrogen and oxygen atoms in total. The molecule has 0 bridgehead atoms. The quantitative estimate of drug-likeness (QED) is 0.595. The van der Waals surface area contributed by atoms with E-state index in [0.29, 0.717) is 0 Å². The van der Waals surface area contributed by atoms with Crippen molar-refractivity contribution in [3.05, 3.63) is 71.8 Å². The van der Waals surface area contributed by atoms with Gasteiger partial charge in [-0.25, -0.2) is 9.59 Å². The van der Waals surface area contributed by atoms with Crippen LogP contribution in [0.4, 0.5) is 4.79 Å². The molecule has 0 aliphatic rings. The lowest BCUT2D eigenvalue weighted by Crippen LogP contribution is -2.51. The minimum atomic E-state index is -1.15. The van der Waals surface area contributed by atoms with E-state index in [1.54, 1.807) is 24.3 Å². The van der Waals surface area contributed by atoms with Crippen molar-refractivity contribution in [3.8, 4) is 0 Å². The van der Waals surface area contributed by atoms with E-state index in [-0.39, 0.29) is 19.2 Å². The maximum atomic E-state index is 12.2. The normalized spacial score (nSPS) is 11.5. The van der Waals surface area contributed by atoms with Gasteiger partial charge < -0.3 is 20.5 Å². The molecule has 158 valence electrons. The van der Waals surface area contributed by atoms with Crippen LogP contribution in [-0.2, 0) is 36.9 Å². The predicted molar refractivity (Wildman–Crippen MR) is 104 cm³/mol. The average Bonchev–Trinajstić information content (AvgIpc) is 2.73. The summed E-state index contributed by atoms with van der Waals surface area (Å²) in [6.45, 7) is 1.54. The minimum Gasteiger partial charge on any atom is -0.480 e. The third-order valence-electron chi connectivity index (χ3n) is 3.84. The monoisotopic (exact) mass is 414 g/mol. The topological polar surface area (TPSA) is 139 Å². The van der Waals surface area contributed by atoms with Crippen molar-refractivity contribution in [1.82, 2.24) is 10.6 Å². The maximum Gasteiger partial charge on any atom is 0.408 e. The van der Waals surface area contributed by atoms with Crippen molar-refractivity contribution in [3.63, 3.8) is 0 Å². The van der Waals surface area contributed by atoms with Crippen LogP contribution < -0.4 is 10.6 Å². The van der Waals surface area contributed by atoms with Crippen LogP contribution in [0.1, 0.15) is 18.1 Å². The lowest BCUT2D eigenvalue weighted by Gasteiger charge is -2.18. The Balaban J connectivity index is 0.00000141. The van der Waals surface area contributed by atoms with Crippen LogP contribution in [0.15, 0.2) is 60.7 Å². The van der Waals surface area contributed by atoms with Crippen molar-refractivity contribution in [2.45, 2.75) is 32.0 Å². The van der Waals surface area contributed by atoms with Crippen molar-refractivity contribution < 1.29 is 33.8 Å². The van der Waals surface area contributed by atoms with Gasteiger partial charge in [0.15, 0.2) is 0 Å². The van der Waals surface area contributed by atoms with E-state index >= 15 is 0 Å². The Morgan fingerprint density at radius 3 is 1.93 bits per heavy atom. The second-order valence-electron chi connectivity index (χ2n) is 6.10. The Bertz CT molecular complexity index is 850. The molecule has 0 saturated heterocycles. The molecule has 0 fully saturated rings. The highest BCUT2D eigenvalue weighted by atomic mass is 16.5. The minimum absolute atomic E-state index is 0.0762. The van der Waals surface area contributed by atoms with E-state index in [9.17, 15) is 19.5 Å². The first kappa shape index (κ1) is 24.1. The van der Waals surface area contributed by atoms with Crippen LogP contribution in [0.25, 0.3) is 0 Å². The molecular weight excluding hydrogens is 392 g/mol. The zero-order valence-electron chi connectivity index (χ0n) is 16.2. The van der Waals surface area contributed by atoms with Crippen LogP contribution in [0.3, 0.4) is 0 Å². The number of ether oxygens (including phenoxy) is 1. The smallest absolute Gasteiger partial charge is 0.408 e. The van der Waals surface area contributed by atoms with Gasteiger partial charge in [0.1, 0.15) is 18.7 Å². The number of aliphatic carboxylic acids is 1. The van der Waals surface area contributed by atoms with E-state index in [4.69, 9.17) is 14.3 Å². The third-order valence-corrected chi connectivity index (χ3v) is 3.84. The van der Waals surface area contributed by atoms with Crippen LogP contribution in [0.5, 0.6) is 0 Å². The highest BCUT2D eigenvalue weighted by Crippen LogP contribution is 2.04. The molecule has 0 aliphatic carbocycles. The average molecular weight is 414 g/mol. The van der Waals surface area contributed by atoms with Gasteiger partial charge in [-0.1, -0.05) is 60.7 Å². The Labute approximate surface area is 173 Å². The van der Waals surface area contributed by atoms with Crippen molar-refractivity contribution in [1.29, 1.82) is 0 Å². The van der Waals surface area contributed by atoms with Gasteiger partial charge in [0.2, 0.25) is 5.91 Å². The number of carboxylic acids is 1. The number of alkyl carbamates (subject to hydrolysis) is 1. The number of amides is 2. The number of rotatable bonds is 8. The largest absolute Gasteiger partial charge is 0.480 e. The first-order valence-corrected chi connectivity index (χ1v) is 8.91. The number of benzene rings is 2. The second kappa shape index (κ2) is 13.2. The van der Waals surface area contributed by atoms with Crippen molar-refractivity contribution in [2.24, 2.45) is 0 Å². The fraction of sp³-hybridized carbons (Fsp3) is 0.238. The van der Waals surface area contributed by atoms with Crippen LogP contribution in [0.2, 0.25) is 0 Å². The van der Waals surface area contributed by atoms with Gasteiger partial charge in [0, 0.05) is 6.42 Å². The molecule has 0 radical (unpaired) electrons. The molecule has 2 aromatic rings. The van der Waals surface area contributed by atoms with Gasteiger partial charge in [-0.15, -0.1) is 0 Å². The molecule has 0 aliphatic heterocycles. The molecule has 0 saturated carbocycles. The number of carboxylic acid groups (broad SMARTS) is 1. The molecular formula is C21H22N2O7. The summed E-state index contributed by atoms with van der Waals surface area (Å²) < 4.78 is 5.05. The van der Waals surface area contributed by atoms with Gasteiger partial charge in [-0.2, -0.15) is 9.59 Å². The van der Waals surface area contributed by atoms with E-state index in [0.717, 1.165) is 11.1 Å². The second-order valence-corrected chi connectivity index (χ2v) is 6.10. The van der Waals surface area contributed by atoms with Gasteiger partial charge in [-0.3, -0.25) is 4.79 Å². The molecule has 2 rings (SSSR count). The molecule has 0 spiro atoms. The zero-order chi connectivity index (χ0) is 22.4. The Morgan fingerprint density at radius 2 is 1.43 bits per heavy atom. The predicted octanol–water partition coefficient (Wildman–Crippen LogP) is 1.53. The van der Waals surface area contributed by atoms with Gasteiger partial charge in [0.05, 0.1) is 0 Å². The van der Waals surface area contributed by atoms with Gasteiger partial charge >= 0.3 is 18.2 Å². The highest BCUT2D eigenvalue weighted by Gasteiger charge is 2.24. The Hall–Kier alpha value is -3.97. The van der Waals surface area contributed by atoms with Crippen LogP contribution in [0, 0.1) is 0 Å². The molecule has 2 aromatic carbocycles. The van der Waals surface area contributed by atoms with E-state index in [1.165, 1.54) is 6.92 Å². The summed E-state index contributed by atoms with van der Waals surface area (Å²) in [5.74, 6) is -1.75. The number of carbonyl (C=O) groups excluding carboxylic acids is 4. The molecule has 2 amide bonds. The summed E-state index contributed by atoms with van der Waals surface area (Å²) >= 11 is 0. The molecule has 0 aromatic heterocycles. The molecule has 9 heteroatoms. The van der Waals surface area contributed by atoms with Gasteiger partial charge in [-0.05, 0) is 18.1 Å². The summed E-state index contributed by atoms with van der Waals surface area (Å²) in [6.07, 6.45) is -0.357. The summed E-state index contributed by atoms with van der Waals surface area (Å²) in [4.78, 5) is 51.7. The Kier molecular flexibility index (Phi) is 10.6. The van der Waals surface area contributed by atoms with E-state index in [2.05, 4.69) is 10.6 Å². The van der Waals surface area contributed by atoms with E-state index < -0.39 is 30.1 Å². The number of hydrogen-bond donors (Lipinski definition) is 3. The lowest BCUT2D eigenvalue weighted by atomic mass is 10.1. The first-order valence-electron chi connectivity index (χ1n) is 8.91. The number of hydrogen-bond acceptors (Lipinski definition) is 6. The maximum absolute atomic E-state index is 12.2. The van der Waals surface area contributed by atoms with Crippen molar-refractivity contribution >= 4 is 24.1 Å². The molecule has 0 unspecified atom stereocenters. The van der Waals surface area contributed by atoms with Gasteiger partial charge in [0.25, 0.3) is 0 Å². The van der Waals surface area contributed by atoms with Crippen molar-refractivity contribution in [2.75, 3.05) is 0 Å².